The van der Waals surface area contributed by atoms with Crippen molar-refractivity contribution in [1.29, 1.82) is 0 Å². The molecule has 1 aromatic carbocycles. The Morgan fingerprint density at radius 3 is 2.50 bits per heavy atom. The first kappa shape index (κ1) is 13.7. The molecule has 0 heterocycles. The molecule has 1 rings (SSSR count). The molecule has 0 aromatic heterocycles. The van der Waals surface area contributed by atoms with Crippen molar-refractivity contribution >= 4 is 36.2 Å². The summed E-state index contributed by atoms with van der Waals surface area (Å²) in [5, 5.41) is 1.03. The van der Waals surface area contributed by atoms with Crippen LogP contribution in [0.25, 0.3) is 0 Å². The van der Waals surface area contributed by atoms with Gasteiger partial charge in [-0.15, -0.1) is 11.8 Å². The second-order valence-electron chi connectivity index (χ2n) is 3.05. The van der Waals surface area contributed by atoms with Gasteiger partial charge in [-0.1, -0.05) is 23.7 Å². The minimum absolute atomic E-state index is 0.364. The van der Waals surface area contributed by atoms with E-state index in [1.54, 1.807) is 19.1 Å². The number of hydrogen-bond donors (Lipinski definition) is 2. The highest BCUT2D eigenvalue weighted by molar-refractivity contribution is 8.13. The van der Waals surface area contributed by atoms with Crippen LogP contribution in [0.3, 0.4) is 0 Å². The maximum atomic E-state index is 10.6. The molecule has 0 saturated carbocycles. The van der Waals surface area contributed by atoms with Crippen molar-refractivity contribution in [2.45, 2.75) is 12.7 Å². The van der Waals surface area contributed by atoms with Crippen LogP contribution in [0.2, 0.25) is 5.02 Å². The lowest BCUT2D eigenvalue weighted by Gasteiger charge is -2.02. The van der Waals surface area contributed by atoms with Crippen molar-refractivity contribution in [2.75, 3.05) is 0 Å². The summed E-state index contributed by atoms with van der Waals surface area (Å²) in [5.41, 5.74) is 1.02. The second kappa shape index (κ2) is 5.84. The number of nitrogens with zero attached hydrogens (tertiary/aromatic N) is 1. The summed E-state index contributed by atoms with van der Waals surface area (Å²) in [6, 6.07) is 7.26. The van der Waals surface area contributed by atoms with Crippen LogP contribution in [0.5, 0.6) is 0 Å². The van der Waals surface area contributed by atoms with Gasteiger partial charge in [0.05, 0.1) is 5.04 Å². The Kier molecular flexibility index (Phi) is 5.02. The highest BCUT2D eigenvalue weighted by Gasteiger charge is 2.10. The fraction of sp³-hybridized carbons (Fsp3) is 0.222. The quantitative estimate of drug-likeness (QED) is 0.507. The maximum absolute atomic E-state index is 10.6. The Morgan fingerprint density at radius 1 is 1.44 bits per heavy atom. The van der Waals surface area contributed by atoms with Gasteiger partial charge in [0.15, 0.2) is 0 Å². The third-order valence-electron chi connectivity index (χ3n) is 1.63. The van der Waals surface area contributed by atoms with Crippen LogP contribution in [0.1, 0.15) is 12.5 Å². The van der Waals surface area contributed by atoms with Gasteiger partial charge in [0, 0.05) is 10.8 Å². The zero-order chi connectivity index (χ0) is 12.2. The normalized spacial score (nSPS) is 12.9. The number of halogens is 1. The first-order chi connectivity index (χ1) is 7.37. The average molecular weight is 280 g/mol. The van der Waals surface area contributed by atoms with Crippen LogP contribution in [0.15, 0.2) is 29.0 Å². The molecule has 0 unspecified atom stereocenters. The lowest BCUT2D eigenvalue weighted by molar-refractivity contribution is 0.375. The molecule has 0 radical (unpaired) electrons. The summed E-state index contributed by atoms with van der Waals surface area (Å²) in [7, 11) is -4.30. The molecule has 0 atom stereocenters. The summed E-state index contributed by atoms with van der Waals surface area (Å²) in [5.74, 6) is 0.604. The minimum Gasteiger partial charge on any atom is -0.307 e. The Balaban J connectivity index is 2.55. The molecule has 7 heteroatoms. The average Bonchev–Trinajstić information content (AvgIpc) is 2.14. The monoisotopic (exact) mass is 279 g/mol. The van der Waals surface area contributed by atoms with E-state index in [9.17, 15) is 4.57 Å². The molecular weight excluding hydrogens is 269 g/mol. The molecule has 0 amide bonds. The molecule has 0 spiro atoms. The van der Waals surface area contributed by atoms with Crippen molar-refractivity contribution in [3.8, 4) is 0 Å². The smallest absolute Gasteiger partial charge is 0.307 e. The van der Waals surface area contributed by atoms with Crippen molar-refractivity contribution in [1.82, 2.24) is 0 Å². The zero-order valence-electron chi connectivity index (χ0n) is 8.50. The van der Waals surface area contributed by atoms with Crippen molar-refractivity contribution in [3.05, 3.63) is 34.9 Å². The number of benzene rings is 1. The molecule has 0 aliphatic rings. The van der Waals surface area contributed by atoms with Gasteiger partial charge in [-0.3, -0.25) is 0 Å². The van der Waals surface area contributed by atoms with Gasteiger partial charge in [-0.2, -0.15) is 4.76 Å². The molecule has 88 valence electrons. The van der Waals surface area contributed by atoms with Crippen LogP contribution >= 0.6 is 31.1 Å². The fourth-order valence-corrected chi connectivity index (χ4v) is 2.59. The van der Waals surface area contributed by atoms with Crippen LogP contribution in [0, 0.1) is 0 Å². The van der Waals surface area contributed by atoms with E-state index >= 15 is 0 Å². The fourth-order valence-electron chi connectivity index (χ4n) is 0.981. The van der Waals surface area contributed by atoms with Crippen LogP contribution < -0.4 is 0 Å². The Bertz CT molecular complexity index is 429. The number of rotatable bonds is 3. The van der Waals surface area contributed by atoms with E-state index in [0.29, 0.717) is 15.8 Å². The highest BCUT2D eigenvalue weighted by atomic mass is 35.5. The highest BCUT2D eigenvalue weighted by Crippen LogP contribution is 2.37. The van der Waals surface area contributed by atoms with Gasteiger partial charge in [-0.05, 0) is 24.6 Å². The van der Waals surface area contributed by atoms with Gasteiger partial charge in [-0.25, -0.2) is 4.57 Å². The summed E-state index contributed by atoms with van der Waals surface area (Å²) in [6.45, 7) is 1.57. The van der Waals surface area contributed by atoms with Gasteiger partial charge in [0.2, 0.25) is 0 Å². The number of thioether (sulfide) groups is 1. The van der Waals surface area contributed by atoms with Gasteiger partial charge in [0.25, 0.3) is 0 Å². The molecule has 0 bridgehead atoms. The molecule has 1 aromatic rings. The van der Waals surface area contributed by atoms with E-state index < -0.39 is 7.75 Å². The second-order valence-corrected chi connectivity index (χ2v) is 5.88. The van der Waals surface area contributed by atoms with Gasteiger partial charge >= 0.3 is 7.75 Å². The maximum Gasteiger partial charge on any atom is 0.449 e. The van der Waals surface area contributed by atoms with E-state index in [4.69, 9.17) is 21.4 Å². The molecule has 0 aliphatic heterocycles. The lowest BCUT2D eigenvalue weighted by Crippen LogP contribution is -1.87. The Morgan fingerprint density at radius 2 is 2.00 bits per heavy atom. The topological polar surface area (TPSA) is 69.9 Å². The molecule has 0 fully saturated rings. The Hall–Kier alpha value is -0.320. The first-order valence-corrected chi connectivity index (χ1v) is 7.29. The molecule has 16 heavy (non-hydrogen) atoms. The van der Waals surface area contributed by atoms with Crippen LogP contribution in [-0.4, -0.2) is 14.8 Å². The summed E-state index contributed by atoms with van der Waals surface area (Å²) in [4.78, 5) is 17.2. The van der Waals surface area contributed by atoms with Gasteiger partial charge in [0.1, 0.15) is 0 Å². The standard InChI is InChI=1S/C9H11ClNO3PS/c1-7(11-15(12,13)14)16-6-8-2-4-9(10)5-3-8/h2-5H,6H2,1H3,(H2,12,13,14). The number of hydrogen-bond acceptors (Lipinski definition) is 2. The lowest BCUT2D eigenvalue weighted by atomic mass is 10.2. The minimum atomic E-state index is -4.30. The zero-order valence-corrected chi connectivity index (χ0v) is 11.0. The van der Waals surface area contributed by atoms with Crippen molar-refractivity contribution in [3.63, 3.8) is 0 Å². The first-order valence-electron chi connectivity index (χ1n) is 4.36. The molecule has 0 saturated heterocycles. The van der Waals surface area contributed by atoms with E-state index in [2.05, 4.69) is 4.76 Å². The van der Waals surface area contributed by atoms with Gasteiger partial charge < -0.3 is 9.79 Å². The van der Waals surface area contributed by atoms with Crippen molar-refractivity contribution < 1.29 is 14.4 Å². The Labute approximate surface area is 103 Å². The molecule has 2 N–H and O–H groups in total. The van der Waals surface area contributed by atoms with E-state index in [1.807, 2.05) is 12.1 Å². The van der Waals surface area contributed by atoms with E-state index in [0.717, 1.165) is 5.56 Å². The molecule has 0 aliphatic carbocycles. The summed E-state index contributed by atoms with van der Waals surface area (Å²) in [6.07, 6.45) is 0. The predicted molar refractivity (Wildman–Crippen MR) is 67.9 cm³/mol. The largest absolute Gasteiger partial charge is 0.449 e. The molecular formula is C9H11ClNO3PS. The van der Waals surface area contributed by atoms with E-state index in [-0.39, 0.29) is 0 Å². The third kappa shape index (κ3) is 5.68. The predicted octanol–water partition coefficient (Wildman–Crippen LogP) is 3.08. The van der Waals surface area contributed by atoms with Crippen LogP contribution in [0.4, 0.5) is 0 Å². The SMILES string of the molecule is CC(=NP(=O)(O)O)SCc1ccc(Cl)cc1. The van der Waals surface area contributed by atoms with Crippen molar-refractivity contribution in [2.24, 2.45) is 4.76 Å². The van der Waals surface area contributed by atoms with Crippen LogP contribution in [-0.2, 0) is 10.3 Å². The van der Waals surface area contributed by atoms with E-state index in [1.165, 1.54) is 11.8 Å². The third-order valence-corrected chi connectivity index (χ3v) is 3.57. The summed E-state index contributed by atoms with van der Waals surface area (Å²) >= 11 is 7.00. The summed E-state index contributed by atoms with van der Waals surface area (Å²) < 4.78 is 13.8. The molecule has 4 nitrogen and oxygen atoms in total.